The van der Waals surface area contributed by atoms with Crippen LogP contribution in [-0.4, -0.2) is 40.5 Å². The lowest BCUT2D eigenvalue weighted by Crippen LogP contribution is -2.46. The number of halogens is 1. The van der Waals surface area contributed by atoms with Crippen LogP contribution in [0.25, 0.3) is 0 Å². The van der Waals surface area contributed by atoms with E-state index in [-0.39, 0.29) is 5.41 Å². The zero-order chi connectivity index (χ0) is 14.0. The number of alkyl halides is 1. The van der Waals surface area contributed by atoms with E-state index >= 15 is 0 Å². The molecular formula is C14H23BrN2OS. The first-order chi connectivity index (χ1) is 8.88. The van der Waals surface area contributed by atoms with Gasteiger partial charge in [-0.2, -0.15) is 0 Å². The number of hydrogen-bond acceptors (Lipinski definition) is 4. The molecule has 1 aliphatic heterocycles. The Morgan fingerprint density at radius 3 is 2.79 bits per heavy atom. The van der Waals surface area contributed by atoms with Crippen molar-refractivity contribution < 1.29 is 4.74 Å². The summed E-state index contributed by atoms with van der Waals surface area (Å²) in [5.74, 6) is 0. The van der Waals surface area contributed by atoms with Crippen LogP contribution in [0.2, 0.25) is 0 Å². The number of aromatic nitrogens is 1. The second kappa shape index (κ2) is 6.20. The van der Waals surface area contributed by atoms with Crippen LogP contribution in [0.15, 0.2) is 5.38 Å². The monoisotopic (exact) mass is 346 g/mol. The molecule has 1 fully saturated rings. The van der Waals surface area contributed by atoms with Gasteiger partial charge in [-0.3, -0.25) is 4.90 Å². The van der Waals surface area contributed by atoms with Gasteiger partial charge in [-0.25, -0.2) is 4.98 Å². The highest BCUT2D eigenvalue weighted by Gasteiger charge is 2.25. The minimum absolute atomic E-state index is 0.144. The molecule has 3 nitrogen and oxygen atoms in total. The normalized spacial score (nSPS) is 25.7. The minimum atomic E-state index is 0.144. The van der Waals surface area contributed by atoms with Gasteiger partial charge in [0.25, 0.3) is 0 Å². The van der Waals surface area contributed by atoms with Crippen LogP contribution in [0.5, 0.6) is 0 Å². The quantitative estimate of drug-likeness (QED) is 0.784. The second-order valence-electron chi connectivity index (χ2n) is 6.29. The maximum absolute atomic E-state index is 5.86. The van der Waals surface area contributed by atoms with Crippen LogP contribution in [0.4, 0.5) is 0 Å². The van der Waals surface area contributed by atoms with Crippen molar-refractivity contribution in [3.63, 3.8) is 0 Å². The lowest BCUT2D eigenvalue weighted by molar-refractivity contribution is -0.0678. The molecule has 0 N–H and O–H groups in total. The summed E-state index contributed by atoms with van der Waals surface area (Å²) in [5, 5.41) is 4.31. The van der Waals surface area contributed by atoms with E-state index in [0.717, 1.165) is 25.0 Å². The maximum atomic E-state index is 5.86. The van der Waals surface area contributed by atoms with E-state index in [1.54, 1.807) is 11.3 Å². The van der Waals surface area contributed by atoms with Crippen LogP contribution >= 0.6 is 27.3 Å². The molecule has 0 radical (unpaired) electrons. The van der Waals surface area contributed by atoms with E-state index in [2.05, 4.69) is 53.9 Å². The Hall–Kier alpha value is 0.0300. The number of hydrogen-bond donors (Lipinski definition) is 0. The van der Waals surface area contributed by atoms with E-state index < -0.39 is 0 Å². The Morgan fingerprint density at radius 1 is 1.47 bits per heavy atom. The fourth-order valence-electron chi connectivity index (χ4n) is 2.27. The molecule has 0 saturated carbocycles. The molecule has 19 heavy (non-hydrogen) atoms. The molecule has 2 atom stereocenters. The van der Waals surface area contributed by atoms with Crippen molar-refractivity contribution in [1.82, 2.24) is 9.88 Å². The lowest BCUT2D eigenvalue weighted by atomic mass is 9.93. The van der Waals surface area contributed by atoms with E-state index in [0.29, 0.717) is 12.2 Å². The number of ether oxygens (including phenoxy) is 1. The maximum Gasteiger partial charge on any atom is 0.107 e. The van der Waals surface area contributed by atoms with Crippen molar-refractivity contribution in [1.29, 1.82) is 0 Å². The molecule has 2 unspecified atom stereocenters. The molecule has 1 aromatic heterocycles. The summed E-state index contributed by atoms with van der Waals surface area (Å²) >= 11 is 5.29. The average Bonchev–Trinajstić information content (AvgIpc) is 2.76. The van der Waals surface area contributed by atoms with Crippen LogP contribution in [0, 0.1) is 0 Å². The van der Waals surface area contributed by atoms with Crippen molar-refractivity contribution in [2.24, 2.45) is 0 Å². The molecule has 5 heteroatoms. The predicted octanol–water partition coefficient (Wildman–Crippen LogP) is 3.42. The number of thiazole rings is 1. The van der Waals surface area contributed by atoms with Gasteiger partial charge in [-0.15, -0.1) is 11.3 Å². The summed E-state index contributed by atoms with van der Waals surface area (Å²) in [4.78, 5) is 7.23. The summed E-state index contributed by atoms with van der Waals surface area (Å²) in [6.07, 6.45) is 0.601. The van der Waals surface area contributed by atoms with Crippen LogP contribution in [0.1, 0.15) is 38.4 Å². The van der Waals surface area contributed by atoms with Crippen molar-refractivity contribution in [2.45, 2.75) is 51.9 Å². The van der Waals surface area contributed by atoms with Crippen molar-refractivity contribution in [3.8, 4) is 0 Å². The number of nitrogens with zero attached hydrogens (tertiary/aromatic N) is 2. The first-order valence-electron chi connectivity index (χ1n) is 6.77. The molecule has 0 amide bonds. The number of rotatable bonds is 3. The molecular weight excluding hydrogens is 324 g/mol. The Bertz CT molecular complexity index is 416. The van der Waals surface area contributed by atoms with Crippen molar-refractivity contribution >= 4 is 27.3 Å². The summed E-state index contributed by atoms with van der Waals surface area (Å²) in [5.41, 5.74) is 1.34. The summed E-state index contributed by atoms with van der Waals surface area (Å²) in [6.45, 7) is 11.7. The van der Waals surface area contributed by atoms with E-state index in [1.807, 2.05) is 0 Å². The molecule has 0 spiro atoms. The van der Waals surface area contributed by atoms with Gasteiger partial charge in [0.05, 0.1) is 24.4 Å². The Kier molecular flexibility index (Phi) is 5.04. The van der Waals surface area contributed by atoms with Crippen LogP contribution < -0.4 is 0 Å². The predicted molar refractivity (Wildman–Crippen MR) is 84.2 cm³/mol. The molecule has 2 rings (SSSR count). The standard InChI is InChI=1S/C14H23BrN2OS/c1-10-6-17(7-11(5-15)18-10)8-13-16-12(9-19-13)14(2,3)4/h9-11H,5-8H2,1-4H3. The van der Waals surface area contributed by atoms with Gasteiger partial charge in [-0.1, -0.05) is 36.7 Å². The highest BCUT2D eigenvalue weighted by atomic mass is 79.9. The van der Waals surface area contributed by atoms with Gasteiger partial charge >= 0.3 is 0 Å². The Balaban J connectivity index is 1.99. The van der Waals surface area contributed by atoms with Crippen LogP contribution in [-0.2, 0) is 16.7 Å². The molecule has 0 bridgehead atoms. The zero-order valence-electron chi connectivity index (χ0n) is 12.1. The van der Waals surface area contributed by atoms with Gasteiger partial charge in [0, 0.05) is 29.2 Å². The average molecular weight is 347 g/mol. The molecule has 0 aromatic carbocycles. The van der Waals surface area contributed by atoms with Gasteiger partial charge in [-0.05, 0) is 6.92 Å². The van der Waals surface area contributed by atoms with Gasteiger partial charge in [0.1, 0.15) is 5.01 Å². The Labute approximate surface area is 128 Å². The highest BCUT2D eigenvalue weighted by molar-refractivity contribution is 9.09. The minimum Gasteiger partial charge on any atom is -0.372 e. The lowest BCUT2D eigenvalue weighted by Gasteiger charge is -2.35. The smallest absolute Gasteiger partial charge is 0.107 e. The topological polar surface area (TPSA) is 25.4 Å². The molecule has 1 aromatic rings. The van der Waals surface area contributed by atoms with E-state index in [1.165, 1.54) is 10.7 Å². The third kappa shape index (κ3) is 4.25. The summed E-state index contributed by atoms with van der Waals surface area (Å²) in [7, 11) is 0. The van der Waals surface area contributed by atoms with Gasteiger partial charge < -0.3 is 4.74 Å². The van der Waals surface area contributed by atoms with Gasteiger partial charge in [0.15, 0.2) is 0 Å². The largest absolute Gasteiger partial charge is 0.372 e. The van der Waals surface area contributed by atoms with Gasteiger partial charge in [0.2, 0.25) is 0 Å². The third-order valence-corrected chi connectivity index (χ3v) is 4.81. The SMILES string of the molecule is CC1CN(Cc2nc(C(C)(C)C)cs2)CC(CBr)O1. The third-order valence-electron chi connectivity index (χ3n) is 3.25. The van der Waals surface area contributed by atoms with E-state index in [4.69, 9.17) is 9.72 Å². The van der Waals surface area contributed by atoms with E-state index in [9.17, 15) is 0 Å². The summed E-state index contributed by atoms with van der Waals surface area (Å²) in [6, 6.07) is 0. The zero-order valence-corrected chi connectivity index (χ0v) is 14.6. The first-order valence-corrected chi connectivity index (χ1v) is 8.77. The first kappa shape index (κ1) is 15.4. The highest BCUT2D eigenvalue weighted by Crippen LogP contribution is 2.25. The van der Waals surface area contributed by atoms with Crippen molar-refractivity contribution in [3.05, 3.63) is 16.1 Å². The molecule has 1 aliphatic rings. The summed E-state index contributed by atoms with van der Waals surface area (Å²) < 4.78 is 5.86. The molecule has 108 valence electrons. The Morgan fingerprint density at radius 2 is 2.21 bits per heavy atom. The molecule has 2 heterocycles. The fourth-order valence-corrected chi connectivity index (χ4v) is 3.69. The van der Waals surface area contributed by atoms with Crippen molar-refractivity contribution in [2.75, 3.05) is 18.4 Å². The number of morpholine rings is 1. The fraction of sp³-hybridized carbons (Fsp3) is 0.786. The van der Waals surface area contributed by atoms with Crippen LogP contribution in [0.3, 0.4) is 0 Å². The molecule has 1 saturated heterocycles. The molecule has 0 aliphatic carbocycles. The second-order valence-corrected chi connectivity index (χ2v) is 7.88.